The zero-order valence-corrected chi connectivity index (χ0v) is 7.20. The van der Waals surface area contributed by atoms with E-state index in [2.05, 4.69) is 0 Å². The molecule has 1 aliphatic heterocycles. The molecule has 0 radical (unpaired) electrons. The van der Waals surface area contributed by atoms with E-state index in [1.807, 2.05) is 0 Å². The lowest BCUT2D eigenvalue weighted by molar-refractivity contribution is -0.294. The Bertz CT molecular complexity index is 143. The zero-order chi connectivity index (χ0) is 10.0. The van der Waals surface area contributed by atoms with E-state index >= 15 is 0 Å². The summed E-state index contributed by atoms with van der Waals surface area (Å²) in [4.78, 5) is 0. The molecule has 0 saturated carbocycles. The van der Waals surface area contributed by atoms with Crippen LogP contribution in [0.15, 0.2) is 0 Å². The first-order valence-electron chi connectivity index (χ1n) is 3.95. The van der Waals surface area contributed by atoms with Gasteiger partial charge in [-0.2, -0.15) is 0 Å². The van der Waals surface area contributed by atoms with Crippen molar-refractivity contribution in [1.82, 2.24) is 0 Å². The third-order valence-corrected chi connectivity index (χ3v) is 2.08. The number of hydrogen-bond acceptors (Lipinski definition) is 6. The lowest BCUT2D eigenvalue weighted by Crippen LogP contribution is -2.58. The van der Waals surface area contributed by atoms with Gasteiger partial charge in [0.2, 0.25) is 0 Å². The highest BCUT2D eigenvalue weighted by atomic mass is 16.7. The summed E-state index contributed by atoms with van der Waals surface area (Å²) < 4.78 is 9.65. The smallest absolute Gasteiger partial charge is 0.186 e. The van der Waals surface area contributed by atoms with Gasteiger partial charge in [-0.25, -0.2) is 0 Å². The fourth-order valence-electron chi connectivity index (χ4n) is 1.26. The molecule has 0 aliphatic carbocycles. The molecule has 3 unspecified atom stereocenters. The molecule has 0 aromatic carbocycles. The predicted molar refractivity (Wildman–Crippen MR) is 40.8 cm³/mol. The molecule has 1 saturated heterocycles. The fraction of sp³-hybridized carbons (Fsp3) is 1.00. The van der Waals surface area contributed by atoms with Gasteiger partial charge in [0.05, 0.1) is 6.61 Å². The maximum absolute atomic E-state index is 9.28. The normalized spacial score (nSPS) is 46.4. The van der Waals surface area contributed by atoms with Crippen LogP contribution in [0.3, 0.4) is 0 Å². The SMILES string of the molecule is COC1OC(CO)C(O)[C@H](O)[C@H]1O. The molecule has 6 heteroatoms. The van der Waals surface area contributed by atoms with Gasteiger partial charge in [0, 0.05) is 7.11 Å². The van der Waals surface area contributed by atoms with E-state index in [-0.39, 0.29) is 0 Å². The van der Waals surface area contributed by atoms with Gasteiger partial charge in [-0.05, 0) is 0 Å². The number of hydrogen-bond donors (Lipinski definition) is 4. The van der Waals surface area contributed by atoms with Crippen LogP contribution in [0, 0.1) is 0 Å². The summed E-state index contributed by atoms with van der Waals surface area (Å²) in [6.07, 6.45) is -5.91. The number of aliphatic hydroxyl groups is 4. The van der Waals surface area contributed by atoms with Crippen molar-refractivity contribution in [2.24, 2.45) is 0 Å². The molecule has 1 fully saturated rings. The Morgan fingerprint density at radius 1 is 1.15 bits per heavy atom. The summed E-state index contributed by atoms with van der Waals surface area (Å²) in [5, 5.41) is 36.6. The first-order chi connectivity index (χ1) is 6.11. The number of ether oxygens (including phenoxy) is 2. The van der Waals surface area contributed by atoms with Crippen LogP contribution in [-0.2, 0) is 9.47 Å². The Hall–Kier alpha value is -0.240. The molecule has 0 amide bonds. The first-order valence-corrected chi connectivity index (χ1v) is 3.95. The van der Waals surface area contributed by atoms with Crippen molar-refractivity contribution in [3.05, 3.63) is 0 Å². The van der Waals surface area contributed by atoms with Gasteiger partial charge in [0.15, 0.2) is 6.29 Å². The van der Waals surface area contributed by atoms with Gasteiger partial charge in [-0.15, -0.1) is 0 Å². The van der Waals surface area contributed by atoms with E-state index in [1.165, 1.54) is 7.11 Å². The number of aliphatic hydroxyl groups excluding tert-OH is 4. The van der Waals surface area contributed by atoms with Crippen LogP contribution in [0.5, 0.6) is 0 Å². The predicted octanol–water partition coefficient (Wildman–Crippen LogP) is -2.57. The largest absolute Gasteiger partial charge is 0.394 e. The fourth-order valence-corrected chi connectivity index (χ4v) is 1.26. The van der Waals surface area contributed by atoms with Crippen LogP contribution >= 0.6 is 0 Å². The minimum absolute atomic E-state index is 0.440. The van der Waals surface area contributed by atoms with Crippen molar-refractivity contribution in [3.8, 4) is 0 Å². The lowest BCUT2D eigenvalue weighted by Gasteiger charge is -2.38. The summed E-state index contributed by atoms with van der Waals surface area (Å²) in [5.74, 6) is 0. The zero-order valence-electron chi connectivity index (χ0n) is 7.20. The third kappa shape index (κ3) is 1.98. The molecule has 13 heavy (non-hydrogen) atoms. The number of rotatable bonds is 2. The minimum Gasteiger partial charge on any atom is -0.394 e. The van der Waals surface area contributed by atoms with Crippen molar-refractivity contribution in [2.45, 2.75) is 30.7 Å². The molecule has 0 spiro atoms. The molecule has 1 aliphatic rings. The Morgan fingerprint density at radius 2 is 1.77 bits per heavy atom. The van der Waals surface area contributed by atoms with Gasteiger partial charge >= 0.3 is 0 Å². The molecule has 4 N–H and O–H groups in total. The van der Waals surface area contributed by atoms with Gasteiger partial charge in [0.25, 0.3) is 0 Å². The second-order valence-corrected chi connectivity index (χ2v) is 2.93. The molecule has 5 atom stereocenters. The highest BCUT2D eigenvalue weighted by molar-refractivity contribution is 4.88. The summed E-state index contributed by atoms with van der Waals surface area (Å²) in [5.41, 5.74) is 0. The monoisotopic (exact) mass is 194 g/mol. The van der Waals surface area contributed by atoms with E-state index < -0.39 is 37.3 Å². The first kappa shape index (κ1) is 10.8. The van der Waals surface area contributed by atoms with E-state index in [0.717, 1.165) is 0 Å². The van der Waals surface area contributed by atoms with Crippen molar-refractivity contribution in [2.75, 3.05) is 13.7 Å². The van der Waals surface area contributed by atoms with Crippen LogP contribution in [-0.4, -0.2) is 64.8 Å². The van der Waals surface area contributed by atoms with Crippen LogP contribution in [0.4, 0.5) is 0 Å². The topological polar surface area (TPSA) is 99.4 Å². The Morgan fingerprint density at radius 3 is 2.23 bits per heavy atom. The Kier molecular flexibility index (Phi) is 3.60. The van der Waals surface area contributed by atoms with Gasteiger partial charge < -0.3 is 29.9 Å². The molecule has 0 bridgehead atoms. The van der Waals surface area contributed by atoms with Crippen LogP contribution < -0.4 is 0 Å². The molecule has 1 rings (SSSR count). The highest BCUT2D eigenvalue weighted by Gasteiger charge is 2.43. The van der Waals surface area contributed by atoms with Gasteiger partial charge in [-0.3, -0.25) is 0 Å². The standard InChI is InChI=1S/C7H14O6/c1-12-7-6(11)5(10)4(9)3(2-8)13-7/h3-11H,2H2,1H3/t3?,4?,5-,6+,7?/m0/s1. The Balaban J connectivity index is 2.66. The summed E-state index contributed by atoms with van der Waals surface area (Å²) in [6.45, 7) is -0.440. The molecule has 78 valence electrons. The van der Waals surface area contributed by atoms with Crippen molar-refractivity contribution in [1.29, 1.82) is 0 Å². The summed E-state index contributed by atoms with van der Waals surface area (Å²) in [6, 6.07) is 0. The molecule has 1 heterocycles. The van der Waals surface area contributed by atoms with E-state index in [9.17, 15) is 15.3 Å². The average molecular weight is 194 g/mol. The quantitative estimate of drug-likeness (QED) is 0.386. The average Bonchev–Trinajstić information content (AvgIpc) is 2.15. The molecular formula is C7H14O6. The van der Waals surface area contributed by atoms with Gasteiger partial charge in [-0.1, -0.05) is 0 Å². The molecular weight excluding hydrogens is 180 g/mol. The van der Waals surface area contributed by atoms with Crippen molar-refractivity contribution < 1.29 is 29.9 Å². The third-order valence-electron chi connectivity index (χ3n) is 2.08. The van der Waals surface area contributed by atoms with Gasteiger partial charge in [0.1, 0.15) is 24.4 Å². The second kappa shape index (κ2) is 4.32. The molecule has 0 aromatic heterocycles. The maximum Gasteiger partial charge on any atom is 0.186 e. The van der Waals surface area contributed by atoms with E-state index in [0.29, 0.717) is 0 Å². The minimum atomic E-state index is -1.36. The Labute approximate surface area is 75.3 Å². The lowest BCUT2D eigenvalue weighted by atomic mass is 9.99. The van der Waals surface area contributed by atoms with E-state index in [4.69, 9.17) is 14.6 Å². The van der Waals surface area contributed by atoms with Crippen molar-refractivity contribution in [3.63, 3.8) is 0 Å². The van der Waals surface area contributed by atoms with Crippen LogP contribution in [0.25, 0.3) is 0 Å². The highest BCUT2D eigenvalue weighted by Crippen LogP contribution is 2.20. The van der Waals surface area contributed by atoms with E-state index in [1.54, 1.807) is 0 Å². The second-order valence-electron chi connectivity index (χ2n) is 2.93. The number of methoxy groups -OCH3 is 1. The maximum atomic E-state index is 9.28. The van der Waals surface area contributed by atoms with Crippen LogP contribution in [0.1, 0.15) is 0 Å². The molecule has 6 nitrogen and oxygen atoms in total. The van der Waals surface area contributed by atoms with Crippen LogP contribution in [0.2, 0.25) is 0 Å². The summed E-state index contributed by atoms with van der Waals surface area (Å²) >= 11 is 0. The summed E-state index contributed by atoms with van der Waals surface area (Å²) in [7, 11) is 1.30. The van der Waals surface area contributed by atoms with Crippen molar-refractivity contribution >= 4 is 0 Å². The molecule has 0 aromatic rings.